The van der Waals surface area contributed by atoms with E-state index in [0.717, 1.165) is 50.7 Å². The number of hydrogen-bond acceptors (Lipinski definition) is 8. The van der Waals surface area contributed by atoms with E-state index >= 15 is 0 Å². The zero-order chi connectivity index (χ0) is 45.4. The predicted octanol–water partition coefficient (Wildman–Crippen LogP) is 13.1. The minimum atomic E-state index is -1.39. The van der Waals surface area contributed by atoms with Crippen molar-refractivity contribution in [1.82, 2.24) is 0 Å². The number of carbonyl (C=O) groups excluding carboxylic acids is 4. The van der Waals surface area contributed by atoms with Crippen LogP contribution in [0.25, 0.3) is 0 Å². The van der Waals surface area contributed by atoms with E-state index < -0.39 is 23.9 Å². The fourth-order valence-electron chi connectivity index (χ4n) is 6.16. The molecule has 9 heteroatoms. The summed E-state index contributed by atoms with van der Waals surface area (Å²) < 4.78 is 9.73. The molecule has 4 radical (unpaired) electrons. The zero-order valence-electron chi connectivity index (χ0n) is 40.4. The van der Waals surface area contributed by atoms with Gasteiger partial charge in [-0.1, -0.05) is 260 Å². The number of aliphatic carboxylic acids is 2. The van der Waals surface area contributed by atoms with E-state index in [-0.39, 0.29) is 23.9 Å². The molecule has 0 fully saturated rings. The molecule has 0 amide bonds. The minimum Gasteiger partial charge on any atom is -0.545 e. The second-order valence-electron chi connectivity index (χ2n) is 16.0. The summed E-state index contributed by atoms with van der Waals surface area (Å²) in [5.41, 5.74) is 0. The maximum Gasteiger partial charge on any atom is 2.00 e. The Kier molecular flexibility index (Phi) is 72.4. The summed E-state index contributed by atoms with van der Waals surface area (Å²) >= 11 is 0. The quantitative estimate of drug-likeness (QED) is 0.0257. The molecule has 0 aliphatic rings. The van der Waals surface area contributed by atoms with Gasteiger partial charge in [0.25, 0.3) is 0 Å². The average molecular weight is 968 g/mol. The molecule has 61 heavy (non-hydrogen) atoms. The Morgan fingerprint density at radius 3 is 0.738 bits per heavy atom. The zero-order valence-corrected chi connectivity index (χ0v) is 43.2. The molecule has 0 aromatic carbocycles. The van der Waals surface area contributed by atoms with Crippen LogP contribution in [0.5, 0.6) is 0 Å². The molecule has 0 aromatic rings. The first kappa shape index (κ1) is 68.2. The van der Waals surface area contributed by atoms with E-state index in [4.69, 9.17) is 9.47 Å². The van der Waals surface area contributed by atoms with Gasteiger partial charge in [0.2, 0.25) is 0 Å². The van der Waals surface area contributed by atoms with Crippen LogP contribution in [0.3, 0.4) is 0 Å². The molecular weight excluding hydrogens is 871 g/mol. The molecular formula is C52H96O8Sn. The molecule has 0 bridgehead atoms. The number of esters is 2. The van der Waals surface area contributed by atoms with Crippen LogP contribution in [-0.2, 0) is 28.7 Å². The number of hydrogen-bond donors (Lipinski definition) is 0. The molecule has 0 rings (SSSR count). The van der Waals surface area contributed by atoms with E-state index in [2.05, 4.69) is 41.5 Å². The first-order valence-electron chi connectivity index (χ1n) is 24.9. The van der Waals surface area contributed by atoms with E-state index in [1.165, 1.54) is 193 Å². The number of carbonyl (C=O) groups is 4. The maximum atomic E-state index is 11.0. The van der Waals surface area contributed by atoms with E-state index in [9.17, 15) is 29.4 Å². The summed E-state index contributed by atoms with van der Waals surface area (Å²) in [7, 11) is 0. The molecule has 356 valence electrons. The predicted molar refractivity (Wildman–Crippen MR) is 256 cm³/mol. The largest absolute Gasteiger partial charge is 2.00 e. The van der Waals surface area contributed by atoms with Crippen molar-refractivity contribution in [3.8, 4) is 0 Å². The van der Waals surface area contributed by atoms with Gasteiger partial charge in [-0.25, -0.2) is 9.59 Å². The third-order valence-electron chi connectivity index (χ3n) is 9.90. The van der Waals surface area contributed by atoms with Gasteiger partial charge in [-0.2, -0.15) is 0 Å². The van der Waals surface area contributed by atoms with Crippen molar-refractivity contribution < 1.29 is 38.9 Å². The van der Waals surface area contributed by atoms with Gasteiger partial charge >= 0.3 is 35.8 Å². The van der Waals surface area contributed by atoms with Gasteiger partial charge in [-0.15, -0.1) is 0 Å². The van der Waals surface area contributed by atoms with Crippen molar-refractivity contribution in [1.29, 1.82) is 0 Å². The topological polar surface area (TPSA) is 133 Å². The SMILES string of the molecule is CCCCCCCCCCCCCCOC(=O)/C=C\C(=O)[O-].CCCCCCCCCCCCCCOC(=O)/C=C\C(=O)[O-].[CH2]CCCCCCC.[CH2]CCCCCCC.[Sn+2]. The average Bonchev–Trinajstić information content (AvgIpc) is 3.23. The normalized spacial score (nSPS) is 10.5. The van der Waals surface area contributed by atoms with Crippen molar-refractivity contribution >= 4 is 47.8 Å². The summed E-state index contributed by atoms with van der Waals surface area (Å²) in [6, 6.07) is 0. The van der Waals surface area contributed by atoms with Gasteiger partial charge in [0.05, 0.1) is 25.2 Å². The molecule has 0 aliphatic carbocycles. The van der Waals surface area contributed by atoms with Crippen LogP contribution in [-0.4, -0.2) is 61.0 Å². The standard InChI is InChI=1S/2C18H32O4.2C8H17.Sn/c2*1-2-3-4-5-6-7-8-9-10-11-12-13-16-22-18(21)15-14-17(19)20;2*1-3-5-7-8-6-4-2;/h2*14-15H,2-13,16H2,1H3,(H,19,20);2*1,3-8H2,2H3;/q;;;;+2/p-2/b2*15-14-;;;. The van der Waals surface area contributed by atoms with Gasteiger partial charge in [-0.3, -0.25) is 0 Å². The molecule has 0 N–H and O–H groups in total. The third kappa shape index (κ3) is 79.1. The van der Waals surface area contributed by atoms with Crippen LogP contribution in [0.2, 0.25) is 0 Å². The van der Waals surface area contributed by atoms with Gasteiger partial charge in [0.15, 0.2) is 0 Å². The minimum absolute atomic E-state index is 0. The van der Waals surface area contributed by atoms with Gasteiger partial charge < -0.3 is 29.3 Å². The second kappa shape index (κ2) is 64.8. The molecule has 0 saturated heterocycles. The number of ether oxygens (including phenoxy) is 2. The number of carboxylic acid groups (broad SMARTS) is 2. The smallest absolute Gasteiger partial charge is 0.545 e. The summed E-state index contributed by atoms with van der Waals surface area (Å²) in [4.78, 5) is 42.3. The van der Waals surface area contributed by atoms with Crippen molar-refractivity contribution in [2.75, 3.05) is 13.2 Å². The Labute approximate surface area is 395 Å². The summed E-state index contributed by atoms with van der Waals surface area (Å²) in [6.07, 6.45) is 49.3. The maximum absolute atomic E-state index is 11.0. The molecule has 0 heterocycles. The van der Waals surface area contributed by atoms with Crippen LogP contribution < -0.4 is 10.2 Å². The van der Waals surface area contributed by atoms with Gasteiger partial charge in [0, 0.05) is 12.2 Å². The van der Waals surface area contributed by atoms with Crippen LogP contribution in [0.4, 0.5) is 0 Å². The van der Waals surface area contributed by atoms with E-state index in [0.29, 0.717) is 25.4 Å². The summed E-state index contributed by atoms with van der Waals surface area (Å²) in [5.74, 6) is -4.01. The molecule has 0 aromatic heterocycles. The Balaban J connectivity index is -0.000000250. The molecule has 0 saturated carbocycles. The molecule has 0 atom stereocenters. The Morgan fingerprint density at radius 2 is 0.541 bits per heavy atom. The summed E-state index contributed by atoms with van der Waals surface area (Å²) in [6.45, 7) is 17.2. The fourth-order valence-corrected chi connectivity index (χ4v) is 6.16. The molecule has 8 nitrogen and oxygen atoms in total. The third-order valence-corrected chi connectivity index (χ3v) is 9.90. The first-order chi connectivity index (χ1) is 29.2. The Morgan fingerprint density at radius 1 is 0.344 bits per heavy atom. The van der Waals surface area contributed by atoms with Crippen molar-refractivity contribution in [2.24, 2.45) is 0 Å². The van der Waals surface area contributed by atoms with E-state index in [1.54, 1.807) is 0 Å². The van der Waals surface area contributed by atoms with Gasteiger partial charge in [0.1, 0.15) is 0 Å². The van der Waals surface area contributed by atoms with Crippen LogP contribution in [0.1, 0.15) is 259 Å². The fraction of sp³-hybridized carbons (Fsp3) is 0.808. The monoisotopic (exact) mass is 969 g/mol. The Hall–Kier alpha value is -1.84. The van der Waals surface area contributed by atoms with Crippen molar-refractivity contribution in [3.63, 3.8) is 0 Å². The molecule has 0 unspecified atom stereocenters. The molecule has 0 aliphatic heterocycles. The number of carboxylic acids is 2. The Bertz CT molecular complexity index is 850. The second-order valence-corrected chi connectivity index (χ2v) is 16.0. The van der Waals surface area contributed by atoms with E-state index in [1.807, 2.05) is 0 Å². The van der Waals surface area contributed by atoms with Crippen LogP contribution >= 0.6 is 0 Å². The van der Waals surface area contributed by atoms with Crippen LogP contribution in [0.15, 0.2) is 24.3 Å². The van der Waals surface area contributed by atoms with Crippen molar-refractivity contribution in [3.05, 3.63) is 38.2 Å². The first-order valence-corrected chi connectivity index (χ1v) is 24.9. The number of rotatable bonds is 40. The van der Waals surface area contributed by atoms with Gasteiger partial charge in [-0.05, 0) is 25.0 Å². The number of unbranched alkanes of at least 4 members (excludes halogenated alkanes) is 32. The summed E-state index contributed by atoms with van der Waals surface area (Å²) in [5, 5.41) is 20.2. The van der Waals surface area contributed by atoms with Crippen LogP contribution in [0, 0.1) is 13.8 Å². The molecule has 0 spiro atoms. The van der Waals surface area contributed by atoms with Crippen molar-refractivity contribution in [2.45, 2.75) is 259 Å².